The Morgan fingerprint density at radius 2 is 1.86 bits per heavy atom. The van der Waals surface area contributed by atoms with Crippen LogP contribution in [0.25, 0.3) is 0 Å². The Labute approximate surface area is 127 Å². The summed E-state index contributed by atoms with van der Waals surface area (Å²) in [5.74, 6) is -0.259. The van der Waals surface area contributed by atoms with E-state index in [0.717, 1.165) is 0 Å². The largest absolute Gasteiger partial charge is 0.507 e. The number of nitrogens with one attached hydrogen (secondary N) is 1. The smallest absolute Gasteiger partial charge is 0.335 e. The van der Waals surface area contributed by atoms with Gasteiger partial charge in [-0.3, -0.25) is 5.43 Å². The van der Waals surface area contributed by atoms with E-state index in [1.807, 2.05) is 0 Å². The summed E-state index contributed by atoms with van der Waals surface area (Å²) in [6.45, 7) is 1.74. The highest BCUT2D eigenvalue weighted by Gasteiger charge is 2.07. The van der Waals surface area contributed by atoms with Crippen LogP contribution < -0.4 is 10.2 Å². The number of phenolic OH excluding ortho intramolecular Hbond substituents is 1. The molecule has 22 heavy (non-hydrogen) atoms. The van der Waals surface area contributed by atoms with E-state index in [1.165, 1.54) is 18.2 Å². The molecule has 0 heterocycles. The number of aromatic hydroxyl groups is 1. The van der Waals surface area contributed by atoms with Crippen molar-refractivity contribution < 1.29 is 19.7 Å². The van der Waals surface area contributed by atoms with Crippen LogP contribution in [0.4, 0.5) is 5.69 Å². The summed E-state index contributed by atoms with van der Waals surface area (Å²) in [5.41, 5.74) is 4.79. The number of hydrogen-bond acceptors (Lipinski definition) is 5. The topological polar surface area (TPSA) is 91.2 Å². The SMILES string of the molecule is COc1ccc(O)c(C(C)=NNc2ccc(C(=O)O)cc2)c1. The molecule has 0 unspecified atom stereocenters. The van der Waals surface area contributed by atoms with Crippen LogP contribution in [0.1, 0.15) is 22.8 Å². The van der Waals surface area contributed by atoms with E-state index >= 15 is 0 Å². The number of ether oxygens (including phenoxy) is 1. The highest BCUT2D eigenvalue weighted by Crippen LogP contribution is 2.23. The fourth-order valence-corrected chi connectivity index (χ4v) is 1.83. The average molecular weight is 300 g/mol. The molecule has 0 fully saturated rings. The molecule has 0 aromatic heterocycles. The second-order valence-electron chi connectivity index (χ2n) is 4.57. The maximum absolute atomic E-state index is 10.8. The van der Waals surface area contributed by atoms with E-state index in [9.17, 15) is 9.90 Å². The maximum atomic E-state index is 10.8. The second-order valence-corrected chi connectivity index (χ2v) is 4.57. The van der Waals surface area contributed by atoms with Crippen LogP contribution in [0.3, 0.4) is 0 Å². The summed E-state index contributed by atoms with van der Waals surface area (Å²) in [4.78, 5) is 10.8. The quantitative estimate of drug-likeness (QED) is 0.583. The molecular weight excluding hydrogens is 284 g/mol. The average Bonchev–Trinajstić information content (AvgIpc) is 2.53. The molecule has 6 nitrogen and oxygen atoms in total. The number of carbonyl (C=O) groups is 1. The van der Waals surface area contributed by atoms with Gasteiger partial charge in [0.25, 0.3) is 0 Å². The first-order chi connectivity index (χ1) is 10.5. The highest BCUT2D eigenvalue weighted by atomic mass is 16.5. The summed E-state index contributed by atoms with van der Waals surface area (Å²) in [6, 6.07) is 11.1. The molecule has 0 aliphatic rings. The molecule has 0 aliphatic heterocycles. The fraction of sp³-hybridized carbons (Fsp3) is 0.125. The van der Waals surface area contributed by atoms with Crippen molar-refractivity contribution in [2.24, 2.45) is 5.10 Å². The molecule has 2 aromatic rings. The first kappa shape index (κ1) is 15.4. The van der Waals surface area contributed by atoms with Gasteiger partial charge < -0.3 is 14.9 Å². The van der Waals surface area contributed by atoms with Crippen LogP contribution in [0.5, 0.6) is 11.5 Å². The Morgan fingerprint density at radius 3 is 2.45 bits per heavy atom. The summed E-state index contributed by atoms with van der Waals surface area (Å²) < 4.78 is 5.12. The van der Waals surface area contributed by atoms with E-state index in [-0.39, 0.29) is 11.3 Å². The van der Waals surface area contributed by atoms with Gasteiger partial charge in [0.15, 0.2) is 0 Å². The number of hydrazone groups is 1. The lowest BCUT2D eigenvalue weighted by Crippen LogP contribution is -2.01. The van der Waals surface area contributed by atoms with Crippen molar-refractivity contribution >= 4 is 17.4 Å². The zero-order valence-electron chi connectivity index (χ0n) is 12.2. The Morgan fingerprint density at radius 1 is 1.18 bits per heavy atom. The maximum Gasteiger partial charge on any atom is 0.335 e. The Hall–Kier alpha value is -3.02. The van der Waals surface area contributed by atoms with Crippen LogP contribution >= 0.6 is 0 Å². The van der Waals surface area contributed by atoms with Gasteiger partial charge in [-0.15, -0.1) is 0 Å². The number of hydrogen-bond donors (Lipinski definition) is 3. The van der Waals surface area contributed by atoms with E-state index in [1.54, 1.807) is 38.3 Å². The minimum absolute atomic E-state index is 0.102. The summed E-state index contributed by atoms with van der Waals surface area (Å²) in [6.07, 6.45) is 0. The Kier molecular flexibility index (Phi) is 4.63. The van der Waals surface area contributed by atoms with Crippen molar-refractivity contribution in [1.82, 2.24) is 0 Å². The number of phenols is 1. The molecule has 0 aliphatic carbocycles. The first-order valence-corrected chi connectivity index (χ1v) is 6.52. The van der Waals surface area contributed by atoms with E-state index < -0.39 is 5.97 Å². The molecule has 0 bridgehead atoms. The van der Waals surface area contributed by atoms with Crippen molar-refractivity contribution in [3.63, 3.8) is 0 Å². The number of carboxylic acid groups (broad SMARTS) is 1. The monoisotopic (exact) mass is 300 g/mol. The third-order valence-corrected chi connectivity index (χ3v) is 3.08. The van der Waals surface area contributed by atoms with Crippen LogP contribution in [-0.2, 0) is 0 Å². The molecule has 0 radical (unpaired) electrons. The molecule has 0 saturated carbocycles. The third kappa shape index (κ3) is 3.54. The first-order valence-electron chi connectivity index (χ1n) is 6.52. The Bertz CT molecular complexity index is 709. The molecule has 0 saturated heterocycles. The number of nitrogens with zero attached hydrogens (tertiary/aromatic N) is 1. The number of carboxylic acids is 1. The predicted octanol–water partition coefficient (Wildman–Crippen LogP) is 2.94. The molecule has 6 heteroatoms. The number of anilines is 1. The molecule has 2 rings (SSSR count). The summed E-state index contributed by atoms with van der Waals surface area (Å²) in [5, 5.41) is 22.9. The molecule has 3 N–H and O–H groups in total. The fourth-order valence-electron chi connectivity index (χ4n) is 1.83. The van der Waals surface area contributed by atoms with Crippen LogP contribution in [0.15, 0.2) is 47.6 Å². The van der Waals surface area contributed by atoms with Crippen molar-refractivity contribution in [3.05, 3.63) is 53.6 Å². The molecule has 114 valence electrons. The van der Waals surface area contributed by atoms with Crippen LogP contribution in [-0.4, -0.2) is 29.0 Å². The van der Waals surface area contributed by atoms with Gasteiger partial charge in [0.2, 0.25) is 0 Å². The van der Waals surface area contributed by atoms with Crippen molar-refractivity contribution in [3.8, 4) is 11.5 Å². The van der Waals surface area contributed by atoms with Gasteiger partial charge in [-0.25, -0.2) is 4.79 Å². The number of rotatable bonds is 5. The lowest BCUT2D eigenvalue weighted by Gasteiger charge is -2.08. The lowest BCUT2D eigenvalue weighted by atomic mass is 10.1. The van der Waals surface area contributed by atoms with Crippen molar-refractivity contribution in [2.75, 3.05) is 12.5 Å². The van der Waals surface area contributed by atoms with Gasteiger partial charge in [-0.05, 0) is 49.4 Å². The third-order valence-electron chi connectivity index (χ3n) is 3.08. The lowest BCUT2D eigenvalue weighted by molar-refractivity contribution is 0.0697. The number of benzene rings is 2. The molecule has 2 aromatic carbocycles. The van der Waals surface area contributed by atoms with E-state index in [0.29, 0.717) is 22.7 Å². The van der Waals surface area contributed by atoms with Gasteiger partial charge in [-0.2, -0.15) is 5.10 Å². The van der Waals surface area contributed by atoms with E-state index in [4.69, 9.17) is 9.84 Å². The van der Waals surface area contributed by atoms with Crippen molar-refractivity contribution in [1.29, 1.82) is 0 Å². The molecule has 0 amide bonds. The van der Waals surface area contributed by atoms with Gasteiger partial charge in [-0.1, -0.05) is 0 Å². The van der Waals surface area contributed by atoms with Gasteiger partial charge >= 0.3 is 5.97 Å². The van der Waals surface area contributed by atoms with Gasteiger partial charge in [0, 0.05) is 5.56 Å². The number of aromatic carboxylic acids is 1. The summed E-state index contributed by atoms with van der Waals surface area (Å²) >= 11 is 0. The minimum atomic E-state index is -0.979. The van der Waals surface area contributed by atoms with Gasteiger partial charge in [0.05, 0.1) is 24.1 Å². The van der Waals surface area contributed by atoms with Crippen molar-refractivity contribution in [2.45, 2.75) is 6.92 Å². The zero-order valence-corrected chi connectivity index (χ0v) is 12.2. The molecule has 0 atom stereocenters. The number of methoxy groups -OCH3 is 1. The zero-order chi connectivity index (χ0) is 16.1. The summed E-state index contributed by atoms with van der Waals surface area (Å²) in [7, 11) is 1.55. The molecular formula is C16H16N2O4. The molecule has 0 spiro atoms. The van der Waals surface area contributed by atoms with Gasteiger partial charge in [0.1, 0.15) is 11.5 Å². The predicted molar refractivity (Wildman–Crippen MR) is 83.9 cm³/mol. The highest BCUT2D eigenvalue weighted by molar-refractivity contribution is 6.01. The van der Waals surface area contributed by atoms with E-state index in [2.05, 4.69) is 10.5 Å². The van der Waals surface area contributed by atoms with Crippen LogP contribution in [0.2, 0.25) is 0 Å². The van der Waals surface area contributed by atoms with Crippen LogP contribution in [0, 0.1) is 0 Å². The minimum Gasteiger partial charge on any atom is -0.507 e. The standard InChI is InChI=1S/C16H16N2O4/c1-10(14-9-13(22-2)7-8-15(14)19)17-18-12-5-3-11(4-6-12)16(20)21/h3-9,18-19H,1-2H3,(H,20,21). The Balaban J connectivity index is 2.17. The normalized spacial score (nSPS) is 11.1. The second kappa shape index (κ2) is 6.62.